The monoisotopic (exact) mass is 402 g/mol. The van der Waals surface area contributed by atoms with E-state index < -0.39 is 12.0 Å². The van der Waals surface area contributed by atoms with E-state index in [2.05, 4.69) is 22.2 Å². The fourth-order valence-electron chi connectivity index (χ4n) is 3.67. The van der Waals surface area contributed by atoms with Gasteiger partial charge in [-0.3, -0.25) is 9.59 Å². The molecule has 0 aliphatic carbocycles. The van der Waals surface area contributed by atoms with Crippen LogP contribution in [0.5, 0.6) is 0 Å². The molecule has 2 saturated heterocycles. The van der Waals surface area contributed by atoms with E-state index in [0.29, 0.717) is 24.4 Å². The van der Waals surface area contributed by atoms with E-state index in [1.807, 2.05) is 0 Å². The van der Waals surface area contributed by atoms with Crippen molar-refractivity contribution in [3.63, 3.8) is 0 Å². The van der Waals surface area contributed by atoms with Crippen molar-refractivity contribution in [1.29, 1.82) is 0 Å². The Balaban J connectivity index is 1.48. The summed E-state index contributed by atoms with van der Waals surface area (Å²) in [4.78, 5) is 42.8. The van der Waals surface area contributed by atoms with E-state index >= 15 is 0 Å². The average Bonchev–Trinajstić information content (AvgIpc) is 3.00. The molecule has 2 aliphatic rings. The van der Waals surface area contributed by atoms with Crippen molar-refractivity contribution in [2.24, 2.45) is 0 Å². The molecule has 0 bridgehead atoms. The molecule has 1 N–H and O–H groups in total. The summed E-state index contributed by atoms with van der Waals surface area (Å²) in [6.45, 7) is 8.07. The zero-order chi connectivity index (χ0) is 20.8. The summed E-state index contributed by atoms with van der Waals surface area (Å²) in [6, 6.07) is 5.88. The number of esters is 1. The lowest BCUT2D eigenvalue weighted by molar-refractivity contribution is -0.121. The first-order chi connectivity index (χ1) is 14.0. The van der Waals surface area contributed by atoms with Crippen molar-refractivity contribution in [3.8, 4) is 0 Å². The lowest BCUT2D eigenvalue weighted by atomic mass is 10.2. The second-order valence-electron chi connectivity index (χ2n) is 7.54. The quantitative estimate of drug-likeness (QED) is 0.390. The highest BCUT2D eigenvalue weighted by atomic mass is 16.5. The normalized spacial score (nSPS) is 21.0. The first-order valence-corrected chi connectivity index (χ1v) is 10.3. The topological polar surface area (TPSA) is 82.2 Å². The summed E-state index contributed by atoms with van der Waals surface area (Å²) in [6.07, 6.45) is 1.10. The Hall–Kier alpha value is -2.29. The highest BCUT2D eigenvalue weighted by Gasteiger charge is 2.39. The number of rotatable bonds is 8. The maximum Gasteiger partial charge on any atom is 0.338 e. The minimum Gasteiger partial charge on any atom is -0.462 e. The summed E-state index contributed by atoms with van der Waals surface area (Å²) < 4.78 is 4.95. The minimum absolute atomic E-state index is 0.160. The Morgan fingerprint density at radius 2 is 1.83 bits per heavy atom. The first kappa shape index (κ1) is 21.4. The summed E-state index contributed by atoms with van der Waals surface area (Å²) in [5, 5.41) is 3.23. The third kappa shape index (κ3) is 5.41. The van der Waals surface area contributed by atoms with Crippen molar-refractivity contribution in [2.75, 3.05) is 57.8 Å². The molecule has 29 heavy (non-hydrogen) atoms. The van der Waals surface area contributed by atoms with Crippen molar-refractivity contribution >= 4 is 23.5 Å². The van der Waals surface area contributed by atoms with Crippen LogP contribution in [-0.4, -0.2) is 86.5 Å². The number of nitrogens with one attached hydrogen (secondary N) is 1. The van der Waals surface area contributed by atoms with Gasteiger partial charge in [-0.2, -0.15) is 0 Å². The van der Waals surface area contributed by atoms with E-state index in [9.17, 15) is 14.4 Å². The standard InChI is InChI=1S/C21H30N4O4/c1-3-29-21(28)16-5-7-17(8-6-16)25-19(26)15-18(20(25)27)22-9-4-10-24-13-11-23(2)12-14-24/h5-8,18,22H,3-4,9-15H2,1-2H3/t18-/m1/s1. The highest BCUT2D eigenvalue weighted by Crippen LogP contribution is 2.23. The molecule has 0 saturated carbocycles. The SMILES string of the molecule is CCOC(=O)c1ccc(N2C(=O)C[C@@H](NCCCN3CCN(C)CC3)C2=O)cc1. The summed E-state index contributed by atoms with van der Waals surface area (Å²) in [7, 11) is 2.14. The Kier molecular flexibility index (Phi) is 7.35. The number of likely N-dealkylation sites (N-methyl/N-ethyl adjacent to an activating group) is 1. The van der Waals surface area contributed by atoms with E-state index in [1.54, 1.807) is 31.2 Å². The largest absolute Gasteiger partial charge is 0.462 e. The van der Waals surface area contributed by atoms with Gasteiger partial charge in [-0.05, 0) is 57.7 Å². The predicted octanol–water partition coefficient (Wildman–Crippen LogP) is 0.722. The van der Waals surface area contributed by atoms with Crippen LogP contribution in [0.2, 0.25) is 0 Å². The molecule has 0 spiro atoms. The van der Waals surface area contributed by atoms with Gasteiger partial charge in [0.15, 0.2) is 0 Å². The van der Waals surface area contributed by atoms with Crippen LogP contribution in [0.25, 0.3) is 0 Å². The lowest BCUT2D eigenvalue weighted by Gasteiger charge is -2.32. The third-order valence-electron chi connectivity index (χ3n) is 5.42. The van der Waals surface area contributed by atoms with Gasteiger partial charge in [0.2, 0.25) is 5.91 Å². The van der Waals surface area contributed by atoms with Gasteiger partial charge < -0.3 is 19.9 Å². The van der Waals surface area contributed by atoms with E-state index in [0.717, 1.165) is 39.1 Å². The van der Waals surface area contributed by atoms with Crippen LogP contribution < -0.4 is 10.2 Å². The number of piperazine rings is 1. The van der Waals surface area contributed by atoms with Crippen LogP contribution in [-0.2, 0) is 14.3 Å². The van der Waals surface area contributed by atoms with E-state index in [4.69, 9.17) is 4.74 Å². The van der Waals surface area contributed by atoms with Crippen LogP contribution in [0.1, 0.15) is 30.1 Å². The molecular weight excluding hydrogens is 372 g/mol. The van der Waals surface area contributed by atoms with Crippen LogP contribution in [0.4, 0.5) is 5.69 Å². The molecule has 1 atom stereocenters. The molecule has 2 aliphatic heterocycles. The van der Waals surface area contributed by atoms with Gasteiger partial charge in [-0.25, -0.2) is 9.69 Å². The van der Waals surface area contributed by atoms with E-state index in [-0.39, 0.29) is 18.2 Å². The van der Waals surface area contributed by atoms with Crippen LogP contribution in [0.15, 0.2) is 24.3 Å². The van der Waals surface area contributed by atoms with Gasteiger partial charge in [0, 0.05) is 26.2 Å². The number of imide groups is 1. The number of anilines is 1. The zero-order valence-corrected chi connectivity index (χ0v) is 17.2. The van der Waals surface area contributed by atoms with Crippen LogP contribution >= 0.6 is 0 Å². The van der Waals surface area contributed by atoms with Gasteiger partial charge in [-0.15, -0.1) is 0 Å². The smallest absolute Gasteiger partial charge is 0.338 e. The van der Waals surface area contributed by atoms with Gasteiger partial charge in [0.1, 0.15) is 0 Å². The fourth-order valence-corrected chi connectivity index (χ4v) is 3.67. The Morgan fingerprint density at radius 1 is 1.14 bits per heavy atom. The number of benzene rings is 1. The third-order valence-corrected chi connectivity index (χ3v) is 5.42. The molecule has 0 aromatic heterocycles. The van der Waals surface area contributed by atoms with Crippen molar-refractivity contribution in [1.82, 2.24) is 15.1 Å². The zero-order valence-electron chi connectivity index (χ0n) is 17.2. The number of hydrogen-bond donors (Lipinski definition) is 1. The molecule has 0 unspecified atom stereocenters. The second-order valence-corrected chi connectivity index (χ2v) is 7.54. The Morgan fingerprint density at radius 3 is 2.48 bits per heavy atom. The first-order valence-electron chi connectivity index (χ1n) is 10.3. The molecule has 3 rings (SSSR count). The number of ether oxygens (including phenoxy) is 1. The number of carbonyl (C=O) groups excluding carboxylic acids is 3. The fraction of sp³-hybridized carbons (Fsp3) is 0.571. The highest BCUT2D eigenvalue weighted by molar-refractivity contribution is 6.22. The lowest BCUT2D eigenvalue weighted by Crippen LogP contribution is -2.45. The summed E-state index contributed by atoms with van der Waals surface area (Å²) in [5.74, 6) is -0.882. The van der Waals surface area contributed by atoms with Crippen LogP contribution in [0, 0.1) is 0 Å². The molecule has 8 heteroatoms. The molecule has 2 amide bonds. The van der Waals surface area contributed by atoms with Gasteiger partial charge >= 0.3 is 5.97 Å². The molecule has 2 heterocycles. The second kappa shape index (κ2) is 9.96. The molecule has 1 aromatic rings. The number of amides is 2. The number of nitrogens with zero attached hydrogens (tertiary/aromatic N) is 3. The maximum absolute atomic E-state index is 12.7. The summed E-state index contributed by atoms with van der Waals surface area (Å²) in [5.41, 5.74) is 0.878. The minimum atomic E-state index is -0.486. The maximum atomic E-state index is 12.7. The Bertz CT molecular complexity index is 729. The van der Waals surface area contributed by atoms with Crippen molar-refractivity contribution < 1.29 is 19.1 Å². The number of carbonyl (C=O) groups is 3. The molecular formula is C21H30N4O4. The van der Waals surface area contributed by atoms with E-state index in [1.165, 1.54) is 4.90 Å². The molecule has 8 nitrogen and oxygen atoms in total. The van der Waals surface area contributed by atoms with Gasteiger partial charge in [-0.1, -0.05) is 0 Å². The molecule has 158 valence electrons. The van der Waals surface area contributed by atoms with Crippen LogP contribution in [0.3, 0.4) is 0 Å². The van der Waals surface area contributed by atoms with Crippen molar-refractivity contribution in [2.45, 2.75) is 25.8 Å². The predicted molar refractivity (Wildman–Crippen MR) is 110 cm³/mol. The van der Waals surface area contributed by atoms with Gasteiger partial charge in [0.25, 0.3) is 5.91 Å². The molecule has 0 radical (unpaired) electrons. The molecule has 2 fully saturated rings. The summed E-state index contributed by atoms with van der Waals surface area (Å²) >= 11 is 0. The van der Waals surface area contributed by atoms with Crippen molar-refractivity contribution in [3.05, 3.63) is 29.8 Å². The number of hydrogen-bond acceptors (Lipinski definition) is 7. The average molecular weight is 402 g/mol. The molecule has 1 aromatic carbocycles. The van der Waals surface area contributed by atoms with Gasteiger partial charge in [0.05, 0.1) is 30.3 Å². The Labute approximate surface area is 171 Å².